The standard InChI is InChI=1S/C12H21N5/c1-4-14-11-7-13-8-12(15-11)17-6-5-16(3)10(2)9-17/h7-8,10H,4-6,9H2,1-3H3,(H,14,15). The molecule has 1 aromatic rings. The average molecular weight is 235 g/mol. The molecule has 1 fully saturated rings. The number of likely N-dealkylation sites (N-methyl/N-ethyl adjacent to an activating group) is 1. The molecule has 0 spiro atoms. The van der Waals surface area contributed by atoms with Crippen LogP contribution in [0.2, 0.25) is 0 Å². The van der Waals surface area contributed by atoms with Gasteiger partial charge in [-0.05, 0) is 20.9 Å². The summed E-state index contributed by atoms with van der Waals surface area (Å²) in [7, 11) is 2.17. The summed E-state index contributed by atoms with van der Waals surface area (Å²) in [6, 6.07) is 0.563. The molecule has 1 saturated heterocycles. The third-order valence-corrected chi connectivity index (χ3v) is 3.26. The lowest BCUT2D eigenvalue weighted by molar-refractivity contribution is 0.233. The zero-order chi connectivity index (χ0) is 12.3. The van der Waals surface area contributed by atoms with E-state index in [0.717, 1.165) is 37.8 Å². The van der Waals surface area contributed by atoms with Crippen LogP contribution in [0.15, 0.2) is 12.4 Å². The first kappa shape index (κ1) is 12.1. The van der Waals surface area contributed by atoms with Crippen LogP contribution in [0.3, 0.4) is 0 Å². The van der Waals surface area contributed by atoms with Crippen molar-refractivity contribution in [3.05, 3.63) is 12.4 Å². The summed E-state index contributed by atoms with van der Waals surface area (Å²) in [5, 5.41) is 3.20. The van der Waals surface area contributed by atoms with E-state index >= 15 is 0 Å². The number of hydrogen-bond acceptors (Lipinski definition) is 5. The molecule has 1 aliphatic heterocycles. The van der Waals surface area contributed by atoms with E-state index in [2.05, 4.69) is 46.0 Å². The van der Waals surface area contributed by atoms with E-state index in [4.69, 9.17) is 0 Å². The second-order valence-electron chi connectivity index (χ2n) is 4.57. The summed E-state index contributed by atoms with van der Waals surface area (Å²) in [6.07, 6.45) is 3.62. The summed E-state index contributed by atoms with van der Waals surface area (Å²) >= 11 is 0. The highest BCUT2D eigenvalue weighted by Crippen LogP contribution is 2.16. The number of hydrogen-bond donors (Lipinski definition) is 1. The first-order valence-electron chi connectivity index (χ1n) is 6.21. The van der Waals surface area contributed by atoms with E-state index < -0.39 is 0 Å². The van der Waals surface area contributed by atoms with Crippen LogP contribution in [0.5, 0.6) is 0 Å². The Morgan fingerprint density at radius 1 is 1.41 bits per heavy atom. The molecule has 0 saturated carbocycles. The molecule has 2 heterocycles. The average Bonchev–Trinajstić information content (AvgIpc) is 2.33. The Labute approximate surface area is 103 Å². The van der Waals surface area contributed by atoms with Crippen LogP contribution in [0.25, 0.3) is 0 Å². The summed E-state index contributed by atoms with van der Waals surface area (Å²) in [5.41, 5.74) is 0. The molecule has 0 aliphatic carbocycles. The largest absolute Gasteiger partial charge is 0.369 e. The van der Waals surface area contributed by atoms with E-state index in [1.165, 1.54) is 0 Å². The number of piperazine rings is 1. The fourth-order valence-electron chi connectivity index (χ4n) is 2.03. The second-order valence-corrected chi connectivity index (χ2v) is 4.57. The van der Waals surface area contributed by atoms with Gasteiger partial charge in [0.05, 0.1) is 12.4 Å². The zero-order valence-electron chi connectivity index (χ0n) is 10.8. The van der Waals surface area contributed by atoms with Crippen molar-refractivity contribution in [2.24, 2.45) is 0 Å². The van der Waals surface area contributed by atoms with Gasteiger partial charge in [0.15, 0.2) is 0 Å². The Balaban J connectivity index is 2.09. The van der Waals surface area contributed by atoms with Gasteiger partial charge >= 0.3 is 0 Å². The van der Waals surface area contributed by atoms with Gasteiger partial charge in [-0.25, -0.2) is 4.98 Å². The van der Waals surface area contributed by atoms with Crippen molar-refractivity contribution in [1.29, 1.82) is 0 Å². The molecule has 0 amide bonds. The van der Waals surface area contributed by atoms with Crippen molar-refractivity contribution in [1.82, 2.24) is 14.9 Å². The summed E-state index contributed by atoms with van der Waals surface area (Å²) < 4.78 is 0. The second kappa shape index (κ2) is 5.31. The van der Waals surface area contributed by atoms with Gasteiger partial charge in [0, 0.05) is 32.2 Å². The lowest BCUT2D eigenvalue weighted by atomic mass is 10.2. The van der Waals surface area contributed by atoms with E-state index in [1.807, 2.05) is 6.20 Å². The third kappa shape index (κ3) is 2.85. The van der Waals surface area contributed by atoms with Crippen LogP contribution in [-0.4, -0.2) is 54.1 Å². The van der Waals surface area contributed by atoms with E-state index in [1.54, 1.807) is 6.20 Å². The Bertz CT molecular complexity index is 368. The summed E-state index contributed by atoms with van der Waals surface area (Å²) in [4.78, 5) is 13.5. The van der Waals surface area contributed by atoms with Crippen molar-refractivity contribution >= 4 is 11.6 Å². The number of anilines is 2. The molecule has 17 heavy (non-hydrogen) atoms. The van der Waals surface area contributed by atoms with Crippen LogP contribution in [0, 0.1) is 0 Å². The fraction of sp³-hybridized carbons (Fsp3) is 0.667. The number of rotatable bonds is 3. The quantitative estimate of drug-likeness (QED) is 0.848. The van der Waals surface area contributed by atoms with Crippen molar-refractivity contribution in [2.45, 2.75) is 19.9 Å². The SMILES string of the molecule is CCNc1cncc(N2CCN(C)C(C)C2)n1. The highest BCUT2D eigenvalue weighted by molar-refractivity contribution is 5.44. The molecule has 1 N–H and O–H groups in total. The van der Waals surface area contributed by atoms with Gasteiger partial charge in [0.2, 0.25) is 0 Å². The van der Waals surface area contributed by atoms with Crippen molar-refractivity contribution in [2.75, 3.05) is 43.4 Å². The summed E-state index contributed by atoms with van der Waals surface area (Å²) in [6.45, 7) is 8.29. The number of nitrogens with one attached hydrogen (secondary N) is 1. The minimum atomic E-state index is 0.563. The van der Waals surface area contributed by atoms with E-state index in [-0.39, 0.29) is 0 Å². The molecule has 5 heteroatoms. The van der Waals surface area contributed by atoms with E-state index in [9.17, 15) is 0 Å². The Kier molecular flexibility index (Phi) is 3.78. The molecule has 1 aromatic heterocycles. The van der Waals surface area contributed by atoms with Crippen molar-refractivity contribution in [3.8, 4) is 0 Å². The van der Waals surface area contributed by atoms with Crippen molar-refractivity contribution < 1.29 is 0 Å². The highest BCUT2D eigenvalue weighted by Gasteiger charge is 2.21. The molecular formula is C12H21N5. The van der Waals surface area contributed by atoms with Crippen LogP contribution in [0.1, 0.15) is 13.8 Å². The monoisotopic (exact) mass is 235 g/mol. The van der Waals surface area contributed by atoms with Crippen LogP contribution < -0.4 is 10.2 Å². The van der Waals surface area contributed by atoms with Crippen LogP contribution in [-0.2, 0) is 0 Å². The van der Waals surface area contributed by atoms with Crippen LogP contribution >= 0.6 is 0 Å². The molecule has 1 aliphatic rings. The van der Waals surface area contributed by atoms with Gasteiger partial charge in [-0.2, -0.15) is 0 Å². The van der Waals surface area contributed by atoms with Gasteiger partial charge < -0.3 is 15.1 Å². The molecule has 1 atom stereocenters. The maximum Gasteiger partial charge on any atom is 0.149 e. The Morgan fingerprint density at radius 2 is 2.24 bits per heavy atom. The molecular weight excluding hydrogens is 214 g/mol. The first-order valence-corrected chi connectivity index (χ1v) is 6.21. The molecule has 0 radical (unpaired) electrons. The van der Waals surface area contributed by atoms with Gasteiger partial charge in [0.1, 0.15) is 11.6 Å². The highest BCUT2D eigenvalue weighted by atomic mass is 15.3. The Hall–Kier alpha value is -1.36. The maximum atomic E-state index is 4.58. The van der Waals surface area contributed by atoms with E-state index in [0.29, 0.717) is 6.04 Å². The molecule has 5 nitrogen and oxygen atoms in total. The lowest BCUT2D eigenvalue weighted by Gasteiger charge is -2.38. The van der Waals surface area contributed by atoms with Crippen molar-refractivity contribution in [3.63, 3.8) is 0 Å². The summed E-state index contributed by atoms with van der Waals surface area (Å²) in [5.74, 6) is 1.83. The molecule has 2 rings (SSSR count). The minimum Gasteiger partial charge on any atom is -0.369 e. The molecule has 0 aromatic carbocycles. The number of aromatic nitrogens is 2. The maximum absolute atomic E-state index is 4.58. The molecule has 0 bridgehead atoms. The smallest absolute Gasteiger partial charge is 0.149 e. The zero-order valence-corrected chi connectivity index (χ0v) is 10.8. The third-order valence-electron chi connectivity index (χ3n) is 3.26. The van der Waals surface area contributed by atoms with Gasteiger partial charge in [-0.1, -0.05) is 0 Å². The first-order chi connectivity index (χ1) is 8.20. The normalized spacial score (nSPS) is 21.6. The predicted octanol–water partition coefficient (Wildman–Crippen LogP) is 1.05. The van der Waals surface area contributed by atoms with Crippen LogP contribution in [0.4, 0.5) is 11.6 Å². The van der Waals surface area contributed by atoms with Gasteiger partial charge in [-0.3, -0.25) is 4.98 Å². The topological polar surface area (TPSA) is 44.3 Å². The van der Waals surface area contributed by atoms with Gasteiger partial charge in [-0.15, -0.1) is 0 Å². The minimum absolute atomic E-state index is 0.563. The number of nitrogens with zero attached hydrogens (tertiary/aromatic N) is 4. The predicted molar refractivity (Wildman–Crippen MR) is 70.5 cm³/mol. The molecule has 1 unspecified atom stereocenters. The molecule has 94 valence electrons. The van der Waals surface area contributed by atoms with Gasteiger partial charge in [0.25, 0.3) is 0 Å². The Morgan fingerprint density at radius 3 is 2.94 bits per heavy atom. The fourth-order valence-corrected chi connectivity index (χ4v) is 2.03. The lowest BCUT2D eigenvalue weighted by Crippen LogP contribution is -2.50.